The van der Waals surface area contributed by atoms with Gasteiger partial charge < -0.3 is 46.3 Å². The number of urea groups is 1. The molecule has 3 aliphatic heterocycles. The maximum atomic E-state index is 13.9. The molecule has 51 heavy (non-hydrogen) atoms. The van der Waals surface area contributed by atoms with Gasteiger partial charge in [-0.25, -0.2) is 4.79 Å². The Hall–Kier alpha value is -4.42. The van der Waals surface area contributed by atoms with Crippen LogP contribution in [0.15, 0.2) is 33.8 Å². The van der Waals surface area contributed by atoms with Crippen molar-refractivity contribution in [1.29, 1.82) is 0 Å². The molecule has 3 atom stereocenters. The number of carbonyl (C=O) groups is 8. The molecule has 1 aromatic heterocycles. The average molecular weight is 772 g/mol. The van der Waals surface area contributed by atoms with Crippen LogP contribution in [0.3, 0.4) is 0 Å². The summed E-state index contributed by atoms with van der Waals surface area (Å²) < 4.78 is 0.387. The van der Waals surface area contributed by atoms with Crippen LogP contribution in [-0.2, 0) is 33.6 Å². The summed E-state index contributed by atoms with van der Waals surface area (Å²) >= 11 is 3.11. The van der Waals surface area contributed by atoms with Crippen molar-refractivity contribution in [2.45, 2.75) is 28.3 Å². The minimum atomic E-state index is -2.24. The van der Waals surface area contributed by atoms with Crippen molar-refractivity contribution in [2.24, 2.45) is 0 Å². The zero-order valence-corrected chi connectivity index (χ0v) is 31.1. The summed E-state index contributed by atoms with van der Waals surface area (Å²) in [6.45, 7) is 1.67. The summed E-state index contributed by atoms with van der Waals surface area (Å²) in [4.78, 5) is 103. The molecule has 0 aliphatic carbocycles. The van der Waals surface area contributed by atoms with Crippen LogP contribution in [0.4, 0.5) is 9.93 Å². The SMILES string of the molecule is CCN1CCN(C(=O)NC(C(=O)N[C@]2(NC=O)C(=O)N3C(C(=O)[O-])=C(CSc4nnc(NC=O)s4)CS[C@H]32)c2ccc(O)c(O)c2)C(=O)C1=O.[Na+]. The zero-order chi connectivity index (χ0) is 36.3. The number of imide groups is 1. The maximum absolute atomic E-state index is 13.9. The van der Waals surface area contributed by atoms with Gasteiger partial charge in [0.2, 0.25) is 29.5 Å². The molecule has 0 radical (unpaired) electrons. The number of carbonyl (C=O) groups excluding carboxylic acids is 8. The number of phenolic OH excluding ortho intramolecular Hbond substituents is 2. The summed E-state index contributed by atoms with van der Waals surface area (Å²) in [6.07, 6.45) is 0.529. The standard InChI is InChI=1S/C27H27N9O11S3.Na/c1-2-34-5-6-35(20(43)19(34)42)25(47)30-16(12-3-4-14(39)15(40)7-12)18(41)31-27(29-11-38)22(46)36-17(21(44)45)13(8-48-23(27)36)9-49-26-33-32-24(50-26)28-10-37;/h3-4,7,10-11,16,23,39-40H,2,5-6,8-9H2,1H3,(H,29,38)(H,30,47)(H,31,41)(H,44,45)(H,28,32,37);/q;+1/p-1/t16?,23-,27+;/m0./s1. The molecule has 3 aliphatic rings. The number of likely N-dealkylation sites (N-methyl/N-ethyl adjacent to an activating group) is 1. The fourth-order valence-corrected chi connectivity index (χ4v) is 8.56. The summed E-state index contributed by atoms with van der Waals surface area (Å²) in [5, 5.41) is 48.2. The van der Waals surface area contributed by atoms with Gasteiger partial charge in [0.15, 0.2) is 15.8 Å². The number of nitrogens with zero attached hydrogens (tertiary/aromatic N) is 5. The van der Waals surface area contributed by atoms with Gasteiger partial charge in [-0.1, -0.05) is 29.2 Å². The fraction of sp³-hybridized carbons (Fsp3) is 0.333. The normalized spacial score (nSPS) is 20.4. The zero-order valence-electron chi connectivity index (χ0n) is 26.6. The number of piperazine rings is 1. The second-order valence-electron chi connectivity index (χ2n) is 10.5. The monoisotopic (exact) mass is 771 g/mol. The van der Waals surface area contributed by atoms with Crippen molar-refractivity contribution >= 4 is 88.4 Å². The molecular weight excluding hydrogens is 746 g/mol. The molecule has 5 rings (SSSR count). The quantitative estimate of drug-likeness (QED) is 0.0162. The first-order valence-electron chi connectivity index (χ1n) is 14.4. The van der Waals surface area contributed by atoms with E-state index in [0.29, 0.717) is 15.6 Å². The van der Waals surface area contributed by atoms with Crippen LogP contribution in [0.2, 0.25) is 0 Å². The van der Waals surface area contributed by atoms with Gasteiger partial charge >= 0.3 is 47.4 Å². The van der Waals surface area contributed by atoms with Crippen LogP contribution >= 0.6 is 34.9 Å². The second kappa shape index (κ2) is 16.3. The Morgan fingerprint density at radius 3 is 2.51 bits per heavy atom. The predicted molar refractivity (Wildman–Crippen MR) is 171 cm³/mol. The van der Waals surface area contributed by atoms with Crippen molar-refractivity contribution in [3.8, 4) is 11.5 Å². The van der Waals surface area contributed by atoms with Gasteiger partial charge in [-0.15, -0.1) is 22.0 Å². The third-order valence-electron chi connectivity index (χ3n) is 7.71. The molecular formula is C27H26N9NaO11S3. The number of benzene rings is 1. The molecule has 0 saturated carbocycles. The number of phenols is 2. The number of carboxylic acid groups (broad SMARTS) is 1. The van der Waals surface area contributed by atoms with Crippen molar-refractivity contribution < 1.29 is 83.2 Å². The number of aromatic hydroxyl groups is 2. The van der Waals surface area contributed by atoms with E-state index in [0.717, 1.165) is 58.0 Å². The first-order chi connectivity index (χ1) is 23.9. The first-order valence-corrected chi connectivity index (χ1v) is 17.2. The number of anilines is 1. The van der Waals surface area contributed by atoms with Crippen LogP contribution in [0, 0.1) is 0 Å². The van der Waals surface area contributed by atoms with Gasteiger partial charge in [-0.05, 0) is 30.2 Å². The molecule has 24 heteroatoms. The number of fused-ring (bicyclic) bond motifs is 1. The summed E-state index contributed by atoms with van der Waals surface area (Å²) in [6, 6.07) is 0.129. The number of aliphatic carboxylic acids is 1. The van der Waals surface area contributed by atoms with Crippen LogP contribution in [0.5, 0.6) is 11.5 Å². The van der Waals surface area contributed by atoms with E-state index in [1.54, 1.807) is 6.92 Å². The van der Waals surface area contributed by atoms with Gasteiger partial charge in [-0.3, -0.25) is 38.6 Å². The molecule has 2 fully saturated rings. The third-order valence-corrected chi connectivity index (χ3v) is 11.2. The number of rotatable bonds is 13. The Morgan fingerprint density at radius 1 is 1.12 bits per heavy atom. The third kappa shape index (κ3) is 7.62. The van der Waals surface area contributed by atoms with Crippen LogP contribution < -0.4 is 55.9 Å². The van der Waals surface area contributed by atoms with E-state index in [4.69, 9.17) is 0 Å². The van der Waals surface area contributed by atoms with E-state index in [9.17, 15) is 53.7 Å². The minimum absolute atomic E-state index is 0. The van der Waals surface area contributed by atoms with Crippen molar-refractivity contribution in [3.05, 3.63) is 35.0 Å². The van der Waals surface area contributed by atoms with Gasteiger partial charge in [-0.2, -0.15) is 0 Å². The smallest absolute Gasteiger partial charge is 0.543 e. The number of β-lactam (4-membered cyclic amide) rings is 1. The number of nitrogens with one attached hydrogen (secondary N) is 4. The molecule has 1 unspecified atom stereocenters. The average Bonchev–Trinajstić information content (AvgIpc) is 3.55. The Balaban J connectivity index is 0.00000583. The largest absolute Gasteiger partial charge is 1.00 e. The molecule has 264 valence electrons. The summed E-state index contributed by atoms with van der Waals surface area (Å²) in [5.41, 5.74) is -2.63. The maximum Gasteiger partial charge on any atom is 1.00 e. The Kier molecular flexibility index (Phi) is 12.6. The number of thioether (sulfide) groups is 2. The Labute approximate surface area is 322 Å². The van der Waals surface area contributed by atoms with E-state index >= 15 is 0 Å². The van der Waals surface area contributed by atoms with Crippen molar-refractivity contribution in [1.82, 2.24) is 40.8 Å². The van der Waals surface area contributed by atoms with Crippen LogP contribution in [0.1, 0.15) is 18.5 Å². The first kappa shape index (κ1) is 39.4. The Morgan fingerprint density at radius 2 is 1.86 bits per heavy atom. The van der Waals surface area contributed by atoms with E-state index in [-0.39, 0.29) is 83.4 Å². The number of hydrogen-bond donors (Lipinski definition) is 6. The van der Waals surface area contributed by atoms with E-state index < -0.39 is 69.9 Å². The van der Waals surface area contributed by atoms with E-state index in [1.807, 2.05) is 0 Å². The van der Waals surface area contributed by atoms with Crippen molar-refractivity contribution in [2.75, 3.05) is 36.5 Å². The summed E-state index contributed by atoms with van der Waals surface area (Å²) in [5.74, 6) is -7.29. The molecule has 6 N–H and O–H groups in total. The fourth-order valence-electron chi connectivity index (χ4n) is 5.28. The molecule has 2 saturated heterocycles. The number of carboxylic acids is 1. The van der Waals surface area contributed by atoms with Crippen LogP contribution in [0.25, 0.3) is 0 Å². The summed E-state index contributed by atoms with van der Waals surface area (Å²) in [7, 11) is 0. The molecule has 20 nitrogen and oxygen atoms in total. The number of amides is 8. The van der Waals surface area contributed by atoms with Crippen LogP contribution in [-0.4, -0.2) is 126 Å². The van der Waals surface area contributed by atoms with Gasteiger partial charge in [0.25, 0.3) is 5.91 Å². The molecule has 8 amide bonds. The number of aromatic nitrogens is 2. The molecule has 2 aromatic rings. The molecule has 1 aromatic carbocycles. The second-order valence-corrected chi connectivity index (χ2v) is 13.8. The van der Waals surface area contributed by atoms with Gasteiger partial charge in [0.1, 0.15) is 11.4 Å². The van der Waals surface area contributed by atoms with Crippen molar-refractivity contribution in [3.63, 3.8) is 0 Å². The van der Waals surface area contributed by atoms with E-state index in [1.165, 1.54) is 4.90 Å². The Bertz CT molecular complexity index is 1830. The van der Waals surface area contributed by atoms with Gasteiger partial charge in [0, 0.05) is 31.1 Å². The molecule has 0 spiro atoms. The van der Waals surface area contributed by atoms with E-state index in [2.05, 4.69) is 31.5 Å². The minimum Gasteiger partial charge on any atom is -0.543 e. The number of hydrogen-bond acceptors (Lipinski definition) is 16. The predicted octanol–water partition coefficient (Wildman–Crippen LogP) is -5.77. The molecule has 0 bridgehead atoms. The van der Waals surface area contributed by atoms with Gasteiger partial charge in [0.05, 0.1) is 11.7 Å². The topological polar surface area (TPSA) is 284 Å². The molecule has 4 heterocycles.